The van der Waals surface area contributed by atoms with E-state index in [1.807, 2.05) is 27.7 Å². The third kappa shape index (κ3) is 2.50. The van der Waals surface area contributed by atoms with Gasteiger partial charge in [-0.2, -0.15) is 0 Å². The van der Waals surface area contributed by atoms with Crippen LogP contribution in [0.3, 0.4) is 0 Å². The van der Waals surface area contributed by atoms with E-state index in [0.29, 0.717) is 5.46 Å². The van der Waals surface area contributed by atoms with Crippen molar-refractivity contribution >= 4 is 18.6 Å². The molecular weight excluding hydrogens is 245 g/mol. The monoisotopic (exact) mass is 266 g/mol. The van der Waals surface area contributed by atoms with Gasteiger partial charge in [0, 0.05) is 17.9 Å². The number of pyridine rings is 1. The highest BCUT2D eigenvalue weighted by atomic mass is 16.7. The highest BCUT2D eigenvalue weighted by Gasteiger charge is 2.51. The van der Waals surface area contributed by atoms with Gasteiger partial charge in [0.15, 0.2) is 0 Å². The Balaban J connectivity index is 2.22. The van der Waals surface area contributed by atoms with E-state index in [-0.39, 0.29) is 5.56 Å². The predicted molar refractivity (Wildman–Crippen MR) is 71.3 cm³/mol. The van der Waals surface area contributed by atoms with Crippen LogP contribution in [0.25, 0.3) is 0 Å². The van der Waals surface area contributed by atoms with Gasteiger partial charge in [-0.05, 0) is 33.8 Å². The molecule has 5 nitrogen and oxygen atoms in total. The molecule has 0 bridgehead atoms. The lowest BCUT2D eigenvalue weighted by Crippen LogP contribution is -2.41. The summed E-state index contributed by atoms with van der Waals surface area (Å²) in [5.41, 5.74) is -0.485. The minimum atomic E-state index is -2.79. The molecule has 0 aliphatic carbocycles. The molecule has 0 unspecified atom stereocenters. The summed E-state index contributed by atoms with van der Waals surface area (Å²) < 4.78 is 37.0. The Bertz CT molecular complexity index is 573. The maximum atomic E-state index is 11.8. The lowest BCUT2D eigenvalue weighted by atomic mass is 9.80. The fourth-order valence-electron chi connectivity index (χ4n) is 1.74. The fraction of sp³-hybridized carbons (Fsp3) is 0.538. The topological polar surface area (TPSA) is 57.7 Å². The van der Waals surface area contributed by atoms with Gasteiger partial charge in [-0.25, -0.2) is 4.79 Å². The fourth-order valence-corrected chi connectivity index (χ4v) is 1.74. The van der Waals surface area contributed by atoms with Crippen LogP contribution in [0.15, 0.2) is 18.5 Å². The number of hydrogen-bond acceptors (Lipinski definition) is 5. The number of rotatable bonds is 2. The average Bonchev–Trinajstić information content (AvgIpc) is 2.57. The molecule has 1 fully saturated rings. The van der Waals surface area contributed by atoms with E-state index in [0.717, 1.165) is 0 Å². The van der Waals surface area contributed by atoms with Crippen molar-refractivity contribution in [3.8, 4) is 0 Å². The number of hydrogen-bond donors (Lipinski definition) is 0. The van der Waals surface area contributed by atoms with Crippen LogP contribution in [-0.4, -0.2) is 36.3 Å². The van der Waals surface area contributed by atoms with Gasteiger partial charge in [0.05, 0.1) is 27.9 Å². The van der Waals surface area contributed by atoms with Crippen LogP contribution < -0.4 is 5.46 Å². The van der Waals surface area contributed by atoms with E-state index < -0.39 is 31.3 Å². The maximum absolute atomic E-state index is 11.8. The van der Waals surface area contributed by atoms with Crippen LogP contribution in [-0.2, 0) is 14.0 Å². The number of carbonyl (C=O) groups is 1. The zero-order chi connectivity index (χ0) is 16.8. The van der Waals surface area contributed by atoms with Gasteiger partial charge in [-0.15, -0.1) is 0 Å². The van der Waals surface area contributed by atoms with E-state index in [1.54, 1.807) is 0 Å². The van der Waals surface area contributed by atoms with E-state index in [9.17, 15) is 4.79 Å². The van der Waals surface area contributed by atoms with Crippen LogP contribution in [0.4, 0.5) is 0 Å². The number of methoxy groups -OCH3 is 1. The summed E-state index contributed by atoms with van der Waals surface area (Å²) in [6, 6.07) is 1.46. The van der Waals surface area contributed by atoms with Gasteiger partial charge in [-0.1, -0.05) is 0 Å². The Kier molecular flexibility index (Phi) is 2.53. The lowest BCUT2D eigenvalue weighted by Gasteiger charge is -2.32. The minimum absolute atomic E-state index is 0.0309. The molecule has 102 valence electrons. The molecule has 0 radical (unpaired) electrons. The first kappa shape index (κ1) is 10.4. The molecule has 1 saturated heterocycles. The molecule has 1 aliphatic heterocycles. The highest BCUT2D eigenvalue weighted by Crippen LogP contribution is 2.36. The minimum Gasteiger partial charge on any atom is -0.465 e. The maximum Gasteiger partial charge on any atom is 0.496 e. The SMILES string of the molecule is [2H]C([2H])([2H])OC(=O)c1cncc(B2OC(C)(C)C(C)(C)O2)c1. The van der Waals surface area contributed by atoms with Gasteiger partial charge in [0.2, 0.25) is 0 Å². The number of carbonyl (C=O) groups excluding carboxylic acids is 1. The van der Waals surface area contributed by atoms with Gasteiger partial charge in [0.1, 0.15) is 0 Å². The Morgan fingerprint density at radius 2 is 1.95 bits per heavy atom. The van der Waals surface area contributed by atoms with Crippen molar-refractivity contribution in [3.63, 3.8) is 0 Å². The molecule has 0 saturated carbocycles. The summed E-state index contributed by atoms with van der Waals surface area (Å²) in [5, 5.41) is 0. The molecule has 2 heterocycles. The number of aromatic nitrogens is 1. The van der Waals surface area contributed by atoms with Crippen LogP contribution in [0.5, 0.6) is 0 Å². The van der Waals surface area contributed by atoms with Gasteiger partial charge < -0.3 is 14.0 Å². The van der Waals surface area contributed by atoms with Crippen molar-refractivity contribution in [2.24, 2.45) is 0 Å². The van der Waals surface area contributed by atoms with Crippen molar-refractivity contribution < 1.29 is 23.0 Å². The molecule has 19 heavy (non-hydrogen) atoms. The van der Waals surface area contributed by atoms with E-state index in [4.69, 9.17) is 13.4 Å². The number of ether oxygens (including phenoxy) is 1. The molecule has 6 heteroatoms. The summed E-state index contributed by atoms with van der Waals surface area (Å²) in [6.45, 7) is 7.64. The van der Waals surface area contributed by atoms with Crippen LogP contribution in [0.2, 0.25) is 0 Å². The van der Waals surface area contributed by atoms with Crippen molar-refractivity contribution in [2.75, 3.05) is 7.04 Å². The molecule has 0 spiro atoms. The normalized spacial score (nSPS) is 23.4. The molecule has 0 aromatic carbocycles. The van der Waals surface area contributed by atoms with Crippen molar-refractivity contribution in [3.05, 3.63) is 24.0 Å². The Labute approximate surface area is 117 Å². The molecule has 0 amide bonds. The second-order valence-corrected chi connectivity index (χ2v) is 5.48. The summed E-state index contributed by atoms with van der Waals surface area (Å²) in [5.74, 6) is -0.967. The zero-order valence-corrected chi connectivity index (χ0v) is 11.4. The first-order chi connectivity index (χ1) is 9.91. The third-order valence-electron chi connectivity index (χ3n) is 3.61. The molecule has 0 N–H and O–H groups in total. The van der Waals surface area contributed by atoms with Gasteiger partial charge in [0.25, 0.3) is 0 Å². The Hall–Kier alpha value is -1.40. The van der Waals surface area contributed by atoms with Crippen molar-refractivity contribution in [1.82, 2.24) is 4.98 Å². The summed E-state index contributed by atoms with van der Waals surface area (Å²) in [6.07, 6.45) is 2.75. The molecule has 0 atom stereocenters. The van der Waals surface area contributed by atoms with Gasteiger partial charge in [-0.3, -0.25) is 4.98 Å². The van der Waals surface area contributed by atoms with Crippen LogP contribution in [0.1, 0.15) is 42.2 Å². The summed E-state index contributed by atoms with van der Waals surface area (Å²) in [7, 11) is -3.48. The van der Waals surface area contributed by atoms with Gasteiger partial charge >= 0.3 is 13.1 Å². The number of esters is 1. The smallest absolute Gasteiger partial charge is 0.465 e. The number of nitrogens with zero attached hydrogens (tertiary/aromatic N) is 1. The molecule has 1 aromatic rings. The third-order valence-corrected chi connectivity index (χ3v) is 3.61. The second kappa shape index (κ2) is 4.61. The van der Waals surface area contributed by atoms with Crippen LogP contribution in [0, 0.1) is 0 Å². The zero-order valence-electron chi connectivity index (χ0n) is 14.4. The lowest BCUT2D eigenvalue weighted by molar-refractivity contribution is 0.00578. The molecule has 2 rings (SSSR count). The first-order valence-corrected chi connectivity index (χ1v) is 5.95. The first-order valence-electron chi connectivity index (χ1n) is 7.45. The van der Waals surface area contributed by atoms with Crippen molar-refractivity contribution in [1.29, 1.82) is 0 Å². The van der Waals surface area contributed by atoms with Crippen molar-refractivity contribution in [2.45, 2.75) is 38.9 Å². The standard InChI is InChI=1S/C13H18BNO4/c1-12(2)13(3,4)19-14(18-12)10-6-9(7-15-8-10)11(16)17-5/h6-8H,1-5H3/i5D3. The highest BCUT2D eigenvalue weighted by molar-refractivity contribution is 6.62. The Morgan fingerprint density at radius 3 is 2.53 bits per heavy atom. The molecular formula is C13H18BNO4. The average molecular weight is 266 g/mol. The van der Waals surface area contributed by atoms with E-state index in [1.165, 1.54) is 18.5 Å². The predicted octanol–water partition coefficient (Wildman–Crippen LogP) is 1.17. The summed E-state index contributed by atoms with van der Waals surface area (Å²) >= 11 is 0. The summed E-state index contributed by atoms with van der Waals surface area (Å²) in [4.78, 5) is 15.7. The van der Waals surface area contributed by atoms with E-state index in [2.05, 4.69) is 9.72 Å². The Morgan fingerprint density at radius 1 is 1.32 bits per heavy atom. The van der Waals surface area contributed by atoms with Crippen LogP contribution >= 0.6 is 0 Å². The molecule has 1 aromatic heterocycles. The largest absolute Gasteiger partial charge is 0.496 e. The quantitative estimate of drug-likeness (QED) is 0.594. The molecule has 1 aliphatic rings. The second-order valence-electron chi connectivity index (χ2n) is 5.48. The van der Waals surface area contributed by atoms with E-state index >= 15 is 0 Å².